The fourth-order valence-electron chi connectivity index (χ4n) is 2.55. The van der Waals surface area contributed by atoms with E-state index in [-0.39, 0.29) is 5.78 Å². The van der Waals surface area contributed by atoms with Gasteiger partial charge in [0.1, 0.15) is 0 Å². The highest BCUT2D eigenvalue weighted by Gasteiger charge is 2.20. The number of rotatable bonds is 3. The van der Waals surface area contributed by atoms with Crippen molar-refractivity contribution in [1.82, 2.24) is 0 Å². The van der Waals surface area contributed by atoms with Gasteiger partial charge in [-0.2, -0.15) is 0 Å². The highest BCUT2D eigenvalue weighted by atomic mass is 16.1. The van der Waals surface area contributed by atoms with Crippen molar-refractivity contribution in [2.45, 2.75) is 6.42 Å². The Kier molecular flexibility index (Phi) is 2.95. The van der Waals surface area contributed by atoms with Gasteiger partial charge in [-0.1, -0.05) is 30.3 Å². The Bertz CT molecular complexity index is 622. The number of anilines is 2. The van der Waals surface area contributed by atoms with E-state index in [0.29, 0.717) is 17.8 Å². The number of carbonyl (C=O) groups excluding carboxylic acids is 1. The van der Waals surface area contributed by atoms with E-state index in [1.165, 1.54) is 11.3 Å². The second-order valence-electron chi connectivity index (χ2n) is 4.85. The molecule has 3 nitrogen and oxygen atoms in total. The summed E-state index contributed by atoms with van der Waals surface area (Å²) in [4.78, 5) is 14.4. The summed E-state index contributed by atoms with van der Waals surface area (Å²) in [5.41, 5.74) is 9.53. The van der Waals surface area contributed by atoms with Gasteiger partial charge in [-0.25, -0.2) is 0 Å². The highest BCUT2D eigenvalue weighted by molar-refractivity contribution is 6.00. The van der Waals surface area contributed by atoms with Gasteiger partial charge in [-0.05, 0) is 30.2 Å². The van der Waals surface area contributed by atoms with Crippen molar-refractivity contribution in [2.75, 3.05) is 23.7 Å². The van der Waals surface area contributed by atoms with Crippen LogP contribution in [0.2, 0.25) is 0 Å². The third kappa shape index (κ3) is 2.32. The molecule has 2 N–H and O–H groups in total. The van der Waals surface area contributed by atoms with Crippen molar-refractivity contribution in [3.8, 4) is 0 Å². The molecule has 0 spiro atoms. The molecule has 2 aromatic rings. The number of nitrogen functional groups attached to an aromatic ring is 1. The van der Waals surface area contributed by atoms with E-state index in [0.717, 1.165) is 13.0 Å². The monoisotopic (exact) mass is 252 g/mol. The zero-order chi connectivity index (χ0) is 13.2. The summed E-state index contributed by atoms with van der Waals surface area (Å²) in [6.07, 6.45) is 1.01. The Balaban J connectivity index is 1.78. The molecule has 3 rings (SSSR count). The van der Waals surface area contributed by atoms with Crippen LogP contribution in [-0.2, 0) is 6.42 Å². The van der Waals surface area contributed by atoms with Crippen LogP contribution < -0.4 is 10.6 Å². The summed E-state index contributed by atoms with van der Waals surface area (Å²) in [6.45, 7) is 1.33. The molecule has 0 aliphatic carbocycles. The van der Waals surface area contributed by atoms with Crippen LogP contribution in [0.25, 0.3) is 0 Å². The third-order valence-electron chi connectivity index (χ3n) is 3.53. The number of nitrogens with two attached hydrogens (primary N) is 1. The molecule has 19 heavy (non-hydrogen) atoms. The molecule has 2 aromatic carbocycles. The number of hydrogen-bond donors (Lipinski definition) is 1. The molecule has 0 bridgehead atoms. The molecule has 1 aliphatic rings. The number of hydrogen-bond acceptors (Lipinski definition) is 3. The van der Waals surface area contributed by atoms with Gasteiger partial charge in [0.15, 0.2) is 5.78 Å². The van der Waals surface area contributed by atoms with Gasteiger partial charge < -0.3 is 10.6 Å². The quantitative estimate of drug-likeness (QED) is 0.674. The Labute approximate surface area is 112 Å². The van der Waals surface area contributed by atoms with Crippen LogP contribution in [0.5, 0.6) is 0 Å². The van der Waals surface area contributed by atoms with Crippen molar-refractivity contribution in [2.24, 2.45) is 0 Å². The maximum Gasteiger partial charge on any atom is 0.182 e. The molecule has 0 saturated carbocycles. The van der Waals surface area contributed by atoms with Crippen LogP contribution in [-0.4, -0.2) is 18.9 Å². The first kappa shape index (κ1) is 11.8. The fraction of sp³-hybridized carbons (Fsp3) is 0.188. The maximum atomic E-state index is 12.3. The molecule has 1 aliphatic heterocycles. The van der Waals surface area contributed by atoms with Gasteiger partial charge in [0.25, 0.3) is 0 Å². The molecule has 0 fully saturated rings. The molecule has 3 heteroatoms. The number of fused-ring (bicyclic) bond motifs is 1. The van der Waals surface area contributed by atoms with Crippen LogP contribution in [0, 0.1) is 0 Å². The minimum absolute atomic E-state index is 0.115. The van der Waals surface area contributed by atoms with E-state index in [4.69, 9.17) is 5.73 Å². The maximum absolute atomic E-state index is 12.3. The van der Waals surface area contributed by atoms with E-state index < -0.39 is 0 Å². The van der Waals surface area contributed by atoms with Gasteiger partial charge >= 0.3 is 0 Å². The van der Waals surface area contributed by atoms with Crippen molar-refractivity contribution >= 4 is 17.2 Å². The van der Waals surface area contributed by atoms with Crippen molar-refractivity contribution < 1.29 is 4.79 Å². The van der Waals surface area contributed by atoms with Gasteiger partial charge in [-0.3, -0.25) is 4.79 Å². The van der Waals surface area contributed by atoms with E-state index in [1.54, 1.807) is 12.1 Å². The molecule has 0 atom stereocenters. The fourth-order valence-corrected chi connectivity index (χ4v) is 2.55. The average molecular weight is 252 g/mol. The van der Waals surface area contributed by atoms with Crippen molar-refractivity contribution in [3.05, 3.63) is 59.7 Å². The molecular weight excluding hydrogens is 236 g/mol. The Morgan fingerprint density at radius 3 is 2.84 bits per heavy atom. The summed E-state index contributed by atoms with van der Waals surface area (Å²) in [6, 6.07) is 15.4. The lowest BCUT2D eigenvalue weighted by molar-refractivity contribution is 0.0999. The van der Waals surface area contributed by atoms with E-state index in [2.05, 4.69) is 17.0 Å². The lowest BCUT2D eigenvalue weighted by atomic mass is 10.1. The average Bonchev–Trinajstić information content (AvgIpc) is 2.82. The summed E-state index contributed by atoms with van der Waals surface area (Å²) < 4.78 is 0. The standard InChI is InChI=1S/C16H16N2O/c17-14-6-3-5-13(10-14)16(19)11-18-9-8-12-4-1-2-7-15(12)18/h1-7,10H,8-9,11,17H2. The number of carbonyl (C=O) groups is 1. The number of nitrogens with zero attached hydrogens (tertiary/aromatic N) is 1. The van der Waals surface area contributed by atoms with E-state index >= 15 is 0 Å². The Hall–Kier alpha value is -2.29. The molecular formula is C16H16N2O. The molecule has 0 unspecified atom stereocenters. The molecule has 1 heterocycles. The number of benzene rings is 2. The molecule has 0 aromatic heterocycles. The Morgan fingerprint density at radius 2 is 2.00 bits per heavy atom. The smallest absolute Gasteiger partial charge is 0.182 e. The number of para-hydroxylation sites is 1. The summed E-state index contributed by atoms with van der Waals surface area (Å²) in [5.74, 6) is 0.115. The van der Waals surface area contributed by atoms with E-state index in [1.807, 2.05) is 24.3 Å². The van der Waals surface area contributed by atoms with Gasteiger partial charge in [0.05, 0.1) is 6.54 Å². The molecule has 0 radical (unpaired) electrons. The van der Waals surface area contributed by atoms with Crippen LogP contribution in [0.4, 0.5) is 11.4 Å². The predicted molar refractivity (Wildman–Crippen MR) is 77.5 cm³/mol. The van der Waals surface area contributed by atoms with Crippen molar-refractivity contribution in [1.29, 1.82) is 0 Å². The second-order valence-corrected chi connectivity index (χ2v) is 4.85. The lowest BCUT2D eigenvalue weighted by Crippen LogP contribution is -2.28. The van der Waals surface area contributed by atoms with Gasteiger partial charge in [-0.15, -0.1) is 0 Å². The van der Waals surface area contributed by atoms with Crippen molar-refractivity contribution in [3.63, 3.8) is 0 Å². The summed E-state index contributed by atoms with van der Waals surface area (Å²) in [5, 5.41) is 0. The van der Waals surface area contributed by atoms with Gasteiger partial charge in [0.2, 0.25) is 0 Å². The minimum Gasteiger partial charge on any atom is -0.399 e. The number of ketones is 1. The first-order chi connectivity index (χ1) is 9.24. The first-order valence-electron chi connectivity index (χ1n) is 6.45. The third-order valence-corrected chi connectivity index (χ3v) is 3.53. The predicted octanol–water partition coefficient (Wildman–Crippen LogP) is 2.51. The first-order valence-corrected chi connectivity index (χ1v) is 6.45. The molecule has 0 amide bonds. The number of Topliss-reactive ketones (excluding diaryl/α,β-unsaturated/α-hetero) is 1. The van der Waals surface area contributed by atoms with E-state index in [9.17, 15) is 4.79 Å². The van der Waals surface area contributed by atoms with Crippen LogP contribution >= 0.6 is 0 Å². The normalized spacial score (nSPS) is 13.4. The molecule has 96 valence electrons. The SMILES string of the molecule is Nc1cccc(C(=O)CN2CCc3ccccc32)c1. The summed E-state index contributed by atoms with van der Waals surface area (Å²) in [7, 11) is 0. The zero-order valence-corrected chi connectivity index (χ0v) is 10.7. The second kappa shape index (κ2) is 4.76. The molecule has 0 saturated heterocycles. The summed E-state index contributed by atoms with van der Waals surface area (Å²) >= 11 is 0. The largest absolute Gasteiger partial charge is 0.399 e. The topological polar surface area (TPSA) is 46.3 Å². The lowest BCUT2D eigenvalue weighted by Gasteiger charge is -2.18. The van der Waals surface area contributed by atoms with Crippen LogP contribution in [0.1, 0.15) is 15.9 Å². The van der Waals surface area contributed by atoms with Crippen LogP contribution in [0.3, 0.4) is 0 Å². The van der Waals surface area contributed by atoms with Gasteiger partial charge in [0, 0.05) is 23.5 Å². The minimum atomic E-state index is 0.115. The highest BCUT2D eigenvalue weighted by Crippen LogP contribution is 2.27. The Morgan fingerprint density at radius 1 is 1.16 bits per heavy atom. The zero-order valence-electron chi connectivity index (χ0n) is 10.7. The van der Waals surface area contributed by atoms with Crippen LogP contribution in [0.15, 0.2) is 48.5 Å².